The third-order valence-electron chi connectivity index (χ3n) is 14.8. The molecule has 0 aliphatic heterocycles. The summed E-state index contributed by atoms with van der Waals surface area (Å²) in [7, 11) is -0.720. The van der Waals surface area contributed by atoms with Crippen LogP contribution in [0.15, 0.2) is 159 Å². The second-order valence-electron chi connectivity index (χ2n) is 35.6. The Balaban J connectivity index is -0.000000154. The molecule has 0 heterocycles. The smallest absolute Gasteiger partial charge is 0.308 e. The van der Waals surface area contributed by atoms with Crippen molar-refractivity contribution in [3.05, 3.63) is 192 Å². The van der Waals surface area contributed by atoms with Crippen molar-refractivity contribution < 1.29 is 48.0 Å². The predicted molar refractivity (Wildman–Crippen MR) is 506 cm³/mol. The highest BCUT2D eigenvalue weighted by Gasteiger charge is 2.29. The SMILES string of the molecule is C.C.C=CCC(C)C.C=CCOC(=O)C(C)C.CC(=O)C(C)C.CC(C)C.CC(C)C.CC(C)C(=O)OCC1c2ccccc2-c2ccccc21.CC(C)C(=O)OCc1ccccc1.CC(C)COC(=O)C(C)C.CC(C)C[Si](C)(C)C.CC(C)Cc1ccc(CO)cc1.CC(C)Cc1ccccc1.CCC(C)C.CCC(C)C. The number of ether oxygens (including phenoxy) is 4. The van der Waals surface area contributed by atoms with Crippen LogP contribution in [0.1, 0.15) is 302 Å². The number of allylic oxidation sites excluding steroid dienone is 1. The number of aliphatic hydroxyl groups excluding tert-OH is 1. The zero-order valence-electron chi connectivity index (χ0n) is 78.8. The zero-order valence-corrected chi connectivity index (χ0v) is 79.8. The number of aliphatic hydroxyl groups is 1. The summed E-state index contributed by atoms with van der Waals surface area (Å²) in [4.78, 5) is 54.4. The summed E-state index contributed by atoms with van der Waals surface area (Å²) in [6.45, 7) is 84.3. The van der Waals surface area contributed by atoms with Crippen molar-refractivity contribution in [2.24, 2.45) is 82.9 Å². The van der Waals surface area contributed by atoms with Crippen LogP contribution in [0.25, 0.3) is 11.1 Å². The van der Waals surface area contributed by atoms with Gasteiger partial charge in [0, 0.05) is 19.9 Å². The Bertz CT molecular complexity index is 2950. The third-order valence-corrected chi connectivity index (χ3v) is 16.8. The number of carbonyl (C=O) groups excluding carboxylic acids is 5. The molecule has 0 unspecified atom stereocenters. The molecule has 0 amide bonds. The summed E-state index contributed by atoms with van der Waals surface area (Å²) in [6.07, 6.45) is 9.57. The van der Waals surface area contributed by atoms with Gasteiger partial charge in [0.1, 0.15) is 25.6 Å². The highest BCUT2D eigenvalue weighted by Crippen LogP contribution is 2.44. The second kappa shape index (κ2) is 78.8. The molecule has 1 aliphatic rings. The summed E-state index contributed by atoms with van der Waals surface area (Å²) in [5, 5.41) is 8.81. The van der Waals surface area contributed by atoms with Crippen molar-refractivity contribution >= 4 is 37.7 Å². The van der Waals surface area contributed by atoms with Crippen molar-refractivity contribution in [3.63, 3.8) is 0 Å². The lowest BCUT2D eigenvalue weighted by atomic mass is 9.98. The molecule has 0 fully saturated rings. The highest BCUT2D eigenvalue weighted by molar-refractivity contribution is 6.76. The lowest BCUT2D eigenvalue weighted by molar-refractivity contribution is -0.149. The Hall–Kier alpha value is -6.69. The molecule has 1 N–H and O–H groups in total. The van der Waals surface area contributed by atoms with E-state index in [-0.39, 0.29) is 86.6 Å². The van der Waals surface area contributed by atoms with Crippen molar-refractivity contribution in [1.29, 1.82) is 0 Å². The van der Waals surface area contributed by atoms with Gasteiger partial charge < -0.3 is 24.1 Å². The zero-order chi connectivity index (χ0) is 88.2. The Morgan fingerprint density at radius 1 is 0.386 bits per heavy atom. The number of hydrogen-bond acceptors (Lipinski definition) is 10. The molecular formula is C103H182O10Si. The van der Waals surface area contributed by atoms with E-state index in [4.69, 9.17) is 24.1 Å². The number of fused-ring (bicyclic) bond motifs is 3. The van der Waals surface area contributed by atoms with Gasteiger partial charge in [-0.3, -0.25) is 24.0 Å². The summed E-state index contributed by atoms with van der Waals surface area (Å²) in [6, 6.07) is 46.6. The van der Waals surface area contributed by atoms with E-state index in [1.165, 1.54) is 58.7 Å². The fraction of sp³-hybridized carbons (Fsp3) is 0.621. The van der Waals surface area contributed by atoms with Gasteiger partial charge in [-0.25, -0.2) is 0 Å². The van der Waals surface area contributed by atoms with Gasteiger partial charge in [-0.15, -0.1) is 6.58 Å². The Morgan fingerprint density at radius 2 is 0.693 bits per heavy atom. The number of carbonyl (C=O) groups is 5. The molecule has 0 atom stereocenters. The maximum Gasteiger partial charge on any atom is 0.308 e. The van der Waals surface area contributed by atoms with E-state index in [0.29, 0.717) is 38.3 Å². The van der Waals surface area contributed by atoms with Crippen LogP contribution in [0, 0.1) is 82.9 Å². The van der Waals surface area contributed by atoms with Crippen LogP contribution in [0.2, 0.25) is 25.7 Å². The van der Waals surface area contributed by atoms with Crippen LogP contribution >= 0.6 is 0 Å². The molecule has 0 radical (unpaired) electrons. The number of esters is 4. The van der Waals surface area contributed by atoms with E-state index in [1.807, 2.05) is 130 Å². The average molecular weight is 1610 g/mol. The summed E-state index contributed by atoms with van der Waals surface area (Å²) < 4.78 is 20.1. The molecule has 0 aromatic heterocycles. The maximum absolute atomic E-state index is 11.7. The number of ketones is 1. The van der Waals surface area contributed by atoms with Crippen molar-refractivity contribution in [2.45, 2.75) is 320 Å². The van der Waals surface area contributed by atoms with E-state index in [2.05, 4.69) is 250 Å². The minimum atomic E-state index is -0.720. The molecular weight excluding hydrogens is 1430 g/mol. The first-order valence-electron chi connectivity index (χ1n) is 42.3. The van der Waals surface area contributed by atoms with Crippen LogP contribution in [0.4, 0.5) is 0 Å². The summed E-state index contributed by atoms with van der Waals surface area (Å²) in [5.41, 5.74) is 9.83. The van der Waals surface area contributed by atoms with Gasteiger partial charge in [-0.2, -0.15) is 0 Å². The Morgan fingerprint density at radius 3 is 0.956 bits per heavy atom. The largest absolute Gasteiger partial charge is 0.465 e. The molecule has 6 rings (SSSR count). The minimum Gasteiger partial charge on any atom is -0.465 e. The molecule has 114 heavy (non-hydrogen) atoms. The van der Waals surface area contributed by atoms with Crippen LogP contribution in [-0.4, -0.2) is 62.7 Å². The summed E-state index contributed by atoms with van der Waals surface area (Å²) >= 11 is 0. The van der Waals surface area contributed by atoms with Gasteiger partial charge in [-0.05, 0) is 124 Å². The minimum absolute atomic E-state index is 0. The molecule has 0 saturated carbocycles. The number of benzene rings is 5. The topological polar surface area (TPSA) is 142 Å². The van der Waals surface area contributed by atoms with Gasteiger partial charge >= 0.3 is 23.9 Å². The van der Waals surface area contributed by atoms with E-state index in [0.717, 1.165) is 65.4 Å². The molecule has 10 nitrogen and oxygen atoms in total. The monoisotopic (exact) mass is 1610 g/mol. The van der Waals surface area contributed by atoms with Crippen molar-refractivity contribution in [2.75, 3.05) is 19.8 Å². The van der Waals surface area contributed by atoms with Crippen LogP contribution in [0.3, 0.4) is 0 Å². The molecule has 0 saturated heterocycles. The first-order chi connectivity index (χ1) is 51.9. The fourth-order valence-electron chi connectivity index (χ4n) is 8.29. The van der Waals surface area contributed by atoms with Crippen molar-refractivity contribution in [1.82, 2.24) is 0 Å². The first-order valence-corrected chi connectivity index (χ1v) is 46.0. The van der Waals surface area contributed by atoms with E-state index in [9.17, 15) is 24.0 Å². The number of rotatable bonds is 24. The standard InChI is InChI=1S/C18H18O2.C11H14O2.C11H16O.C10H14.C8H16O2.C7H12O2.C7H18Si.C6H12.C5H10O.2C5H12.2C4H10.2CH4/c1-12(2)18(19)20-11-17-15-9-5-3-7-13(15)14-8-4-6-10-16(14)17;1-9(2)11(12)13-8-10-6-4-3-5-7-10;1-9(2)7-10-3-5-11(8-12)6-4-10;1-9(2)8-10-6-4-3-5-7-10;1-6(2)5-10-8(9)7(3)4;1-4-5-9-7(8)6(2)3;1-7(2)6-8(3,4)5;1-4-5-6(2)3;1-4(2)5(3)6;2*1-4-5(2)3;2*1-4(2)3;;/h3-10,12,17H,11H2,1-2H3;3-7,9H,8H2,1-2H3;3-6,9,12H,7-8H2,1-2H3;3-7,9H,8H2,1-2H3;6-7H,5H2,1-4H3;4,6H,1,5H2,2-3H3;7H,6H2,1-5H3;4,6H,1,5H2,2-3H3;4H,1-3H3;2*5H,4H2,1-3H3;2*4H,1-3H3;2*1H4. The fourth-order valence-corrected chi connectivity index (χ4v) is 10.7. The Kier molecular flexibility index (Phi) is 86.7. The molecule has 658 valence electrons. The second-order valence-corrected chi connectivity index (χ2v) is 41.1. The lowest BCUT2D eigenvalue weighted by Crippen LogP contribution is -2.21. The summed E-state index contributed by atoms with van der Waals surface area (Å²) in [5.74, 6) is 6.92. The maximum atomic E-state index is 11.7. The van der Waals surface area contributed by atoms with Gasteiger partial charge in [0.05, 0.1) is 36.9 Å². The van der Waals surface area contributed by atoms with Gasteiger partial charge in [-0.1, -0.05) is 427 Å². The molecule has 11 heteroatoms. The normalized spacial score (nSPS) is 10.5. The quantitative estimate of drug-likeness (QED) is 0.0275. The molecule has 0 spiro atoms. The van der Waals surface area contributed by atoms with E-state index >= 15 is 0 Å². The van der Waals surface area contributed by atoms with Crippen LogP contribution < -0.4 is 0 Å². The van der Waals surface area contributed by atoms with Gasteiger partial charge in [0.25, 0.3) is 0 Å². The van der Waals surface area contributed by atoms with Crippen LogP contribution in [-0.2, 0) is 69.0 Å². The predicted octanol–water partition coefficient (Wildman–Crippen LogP) is 30.0. The molecule has 5 aromatic rings. The Labute approximate surface area is 707 Å². The molecule has 1 aliphatic carbocycles. The third kappa shape index (κ3) is 87.7. The van der Waals surface area contributed by atoms with Crippen LogP contribution in [0.5, 0.6) is 0 Å². The molecule has 5 aromatic carbocycles. The average Bonchev–Trinajstić information content (AvgIpc) is 1.62. The number of Topliss-reactive ketones (excluding diaryl/α,β-unsaturated/α-hetero) is 1. The van der Waals surface area contributed by atoms with Gasteiger partial charge in [0.2, 0.25) is 0 Å². The number of hydrogen-bond donors (Lipinski definition) is 1. The van der Waals surface area contributed by atoms with E-state index < -0.39 is 8.07 Å². The van der Waals surface area contributed by atoms with Crippen molar-refractivity contribution in [3.8, 4) is 11.1 Å². The highest BCUT2D eigenvalue weighted by atomic mass is 28.3. The lowest BCUT2D eigenvalue weighted by Gasteiger charge is -2.17. The van der Waals surface area contributed by atoms with E-state index in [1.54, 1.807) is 26.8 Å². The first kappa shape index (κ1) is 125. The molecule has 0 bridgehead atoms. The van der Waals surface area contributed by atoms with Gasteiger partial charge in [0.15, 0.2) is 0 Å².